The molecule has 0 radical (unpaired) electrons. The molecule has 0 spiro atoms. The van der Waals surface area contributed by atoms with Crippen LogP contribution in [0.5, 0.6) is 0 Å². The fourth-order valence-electron chi connectivity index (χ4n) is 6.47. The normalized spacial score (nSPS) is 49.7. The van der Waals surface area contributed by atoms with Crippen molar-refractivity contribution in [3.63, 3.8) is 0 Å². The molecule has 0 aromatic carbocycles. The molecule has 1 nitrogen and oxygen atoms in total. The van der Waals surface area contributed by atoms with Gasteiger partial charge < -0.3 is 0 Å². The van der Waals surface area contributed by atoms with Crippen LogP contribution in [0, 0.1) is 46.8 Å². The Morgan fingerprint density at radius 3 is 2.77 bits per heavy atom. The molecule has 0 heterocycles. The summed E-state index contributed by atoms with van der Waals surface area (Å²) in [5.41, 5.74) is 1.87. The zero-order chi connectivity index (χ0) is 15.5. The SMILES string of the molecule is C#CC1CCC2C3CCC4=CC(=O)C=CC4(C)C3CCC12C. The summed E-state index contributed by atoms with van der Waals surface area (Å²) >= 11 is 0. The van der Waals surface area contributed by atoms with Crippen LogP contribution in [0.15, 0.2) is 23.8 Å². The molecule has 4 rings (SSSR count). The van der Waals surface area contributed by atoms with Gasteiger partial charge in [-0.15, -0.1) is 12.3 Å². The highest BCUT2D eigenvalue weighted by Crippen LogP contribution is 2.65. The van der Waals surface area contributed by atoms with E-state index in [0.29, 0.717) is 17.3 Å². The Labute approximate surface area is 134 Å². The molecule has 3 saturated carbocycles. The lowest BCUT2D eigenvalue weighted by Gasteiger charge is -2.56. The molecule has 4 aliphatic carbocycles. The Hall–Kier alpha value is -1.29. The number of carbonyl (C=O) groups is 1. The summed E-state index contributed by atoms with van der Waals surface area (Å²) in [4.78, 5) is 11.8. The van der Waals surface area contributed by atoms with E-state index in [2.05, 4.69) is 25.8 Å². The van der Waals surface area contributed by atoms with E-state index in [1.165, 1.54) is 37.7 Å². The minimum atomic E-state index is 0.117. The molecule has 1 heteroatoms. The Bertz CT molecular complexity index is 618. The van der Waals surface area contributed by atoms with Crippen LogP contribution >= 0.6 is 0 Å². The van der Waals surface area contributed by atoms with Gasteiger partial charge in [0.2, 0.25) is 0 Å². The van der Waals surface area contributed by atoms with Gasteiger partial charge in [-0.3, -0.25) is 4.79 Å². The van der Waals surface area contributed by atoms with Gasteiger partial charge in [0.15, 0.2) is 5.78 Å². The van der Waals surface area contributed by atoms with Crippen molar-refractivity contribution in [1.29, 1.82) is 0 Å². The number of allylic oxidation sites excluding steroid dienone is 4. The first kappa shape index (κ1) is 14.3. The van der Waals surface area contributed by atoms with Crippen molar-refractivity contribution in [1.82, 2.24) is 0 Å². The second-order valence-electron chi connectivity index (χ2n) is 8.44. The molecule has 6 unspecified atom stereocenters. The average Bonchev–Trinajstić information content (AvgIpc) is 2.84. The molecular weight excluding hydrogens is 268 g/mol. The number of hydrogen-bond donors (Lipinski definition) is 0. The number of rotatable bonds is 0. The molecule has 0 aromatic heterocycles. The van der Waals surface area contributed by atoms with Gasteiger partial charge in [0.25, 0.3) is 0 Å². The van der Waals surface area contributed by atoms with Crippen LogP contribution in [0.3, 0.4) is 0 Å². The summed E-state index contributed by atoms with van der Waals surface area (Å²) in [6.07, 6.45) is 19.2. The zero-order valence-corrected chi connectivity index (χ0v) is 13.8. The fraction of sp³-hybridized carbons (Fsp3) is 0.667. The highest BCUT2D eigenvalue weighted by Gasteiger charge is 2.58. The van der Waals surface area contributed by atoms with E-state index in [9.17, 15) is 4.79 Å². The van der Waals surface area contributed by atoms with Crippen molar-refractivity contribution < 1.29 is 4.79 Å². The fourth-order valence-corrected chi connectivity index (χ4v) is 6.47. The lowest BCUT2D eigenvalue weighted by atomic mass is 9.48. The maximum atomic E-state index is 11.8. The summed E-state index contributed by atoms with van der Waals surface area (Å²) in [7, 11) is 0. The number of terminal acetylenes is 1. The molecule has 0 aromatic rings. The van der Waals surface area contributed by atoms with Gasteiger partial charge in [0.1, 0.15) is 0 Å². The Kier molecular flexibility index (Phi) is 3.00. The molecule has 3 fully saturated rings. The first-order valence-electron chi connectivity index (χ1n) is 8.89. The second-order valence-corrected chi connectivity index (χ2v) is 8.44. The molecule has 0 aliphatic heterocycles. The highest BCUT2D eigenvalue weighted by molar-refractivity contribution is 6.01. The van der Waals surface area contributed by atoms with Crippen molar-refractivity contribution in [2.24, 2.45) is 34.5 Å². The molecule has 0 saturated heterocycles. The molecule has 22 heavy (non-hydrogen) atoms. The first-order chi connectivity index (χ1) is 10.5. The van der Waals surface area contributed by atoms with Crippen LogP contribution in [0.2, 0.25) is 0 Å². The van der Waals surface area contributed by atoms with Crippen LogP contribution in [0.25, 0.3) is 0 Å². The van der Waals surface area contributed by atoms with E-state index in [1.54, 1.807) is 6.08 Å². The predicted molar refractivity (Wildman–Crippen MR) is 88.9 cm³/mol. The summed E-state index contributed by atoms with van der Waals surface area (Å²) in [5.74, 6) is 6.04. The van der Waals surface area contributed by atoms with Gasteiger partial charge in [0, 0.05) is 11.3 Å². The number of ketones is 1. The van der Waals surface area contributed by atoms with Crippen LogP contribution in [0.4, 0.5) is 0 Å². The smallest absolute Gasteiger partial charge is 0.178 e. The second kappa shape index (κ2) is 4.60. The average molecular weight is 294 g/mol. The van der Waals surface area contributed by atoms with Gasteiger partial charge in [-0.1, -0.05) is 25.5 Å². The third kappa shape index (κ3) is 1.70. The van der Waals surface area contributed by atoms with Gasteiger partial charge in [-0.2, -0.15) is 0 Å². The van der Waals surface area contributed by atoms with Crippen LogP contribution in [-0.4, -0.2) is 5.78 Å². The van der Waals surface area contributed by atoms with E-state index < -0.39 is 0 Å². The van der Waals surface area contributed by atoms with Crippen molar-refractivity contribution >= 4 is 5.78 Å². The predicted octanol–water partition coefficient (Wildman–Crippen LogP) is 4.54. The topological polar surface area (TPSA) is 17.1 Å². The van der Waals surface area contributed by atoms with Crippen LogP contribution in [-0.2, 0) is 4.79 Å². The zero-order valence-electron chi connectivity index (χ0n) is 13.8. The molecular formula is C21H26O. The van der Waals surface area contributed by atoms with E-state index in [4.69, 9.17) is 6.42 Å². The van der Waals surface area contributed by atoms with Gasteiger partial charge in [-0.25, -0.2) is 0 Å². The van der Waals surface area contributed by atoms with Crippen molar-refractivity contribution in [2.45, 2.75) is 52.4 Å². The van der Waals surface area contributed by atoms with E-state index in [1.807, 2.05) is 6.08 Å². The standard InChI is InChI=1S/C21H26O/c1-4-14-6-8-18-17-7-5-15-13-16(22)9-11-21(15,3)19(17)10-12-20(14,18)2/h1,9,11,13-14,17-19H,5-8,10,12H2,2-3H3. The largest absolute Gasteiger partial charge is 0.290 e. The molecule has 4 aliphatic rings. The van der Waals surface area contributed by atoms with Crippen molar-refractivity contribution in [3.8, 4) is 12.3 Å². The minimum Gasteiger partial charge on any atom is -0.290 e. The minimum absolute atomic E-state index is 0.117. The Morgan fingerprint density at radius 2 is 2.00 bits per heavy atom. The molecule has 6 atom stereocenters. The van der Waals surface area contributed by atoms with E-state index >= 15 is 0 Å². The maximum absolute atomic E-state index is 11.8. The van der Waals surface area contributed by atoms with Crippen LogP contribution in [0.1, 0.15) is 52.4 Å². The van der Waals surface area contributed by atoms with Crippen molar-refractivity contribution in [3.05, 3.63) is 23.8 Å². The molecule has 0 N–H and O–H groups in total. The monoisotopic (exact) mass is 294 g/mol. The molecule has 0 amide bonds. The third-order valence-electron chi connectivity index (χ3n) is 7.76. The van der Waals surface area contributed by atoms with Crippen molar-refractivity contribution in [2.75, 3.05) is 0 Å². The van der Waals surface area contributed by atoms with Gasteiger partial charge >= 0.3 is 0 Å². The molecule has 0 bridgehead atoms. The van der Waals surface area contributed by atoms with E-state index in [0.717, 1.165) is 18.3 Å². The summed E-state index contributed by atoms with van der Waals surface area (Å²) in [6.45, 7) is 4.83. The van der Waals surface area contributed by atoms with Gasteiger partial charge in [0.05, 0.1) is 0 Å². The molecule has 116 valence electrons. The number of fused-ring (bicyclic) bond motifs is 5. The number of carbonyl (C=O) groups excluding carboxylic acids is 1. The first-order valence-corrected chi connectivity index (χ1v) is 8.89. The highest BCUT2D eigenvalue weighted by atomic mass is 16.1. The summed E-state index contributed by atoms with van der Waals surface area (Å²) in [6, 6.07) is 0. The maximum Gasteiger partial charge on any atom is 0.178 e. The third-order valence-corrected chi connectivity index (χ3v) is 7.76. The van der Waals surface area contributed by atoms with E-state index in [-0.39, 0.29) is 11.2 Å². The Morgan fingerprint density at radius 1 is 1.18 bits per heavy atom. The Balaban J connectivity index is 1.70. The number of hydrogen-bond acceptors (Lipinski definition) is 1. The summed E-state index contributed by atoms with van der Waals surface area (Å²) < 4.78 is 0. The van der Waals surface area contributed by atoms with Crippen LogP contribution < -0.4 is 0 Å². The quantitative estimate of drug-likeness (QED) is 0.599. The lowest BCUT2D eigenvalue weighted by molar-refractivity contribution is -0.111. The van der Waals surface area contributed by atoms with Gasteiger partial charge in [-0.05, 0) is 73.8 Å². The lowest BCUT2D eigenvalue weighted by Crippen LogP contribution is -2.49. The summed E-state index contributed by atoms with van der Waals surface area (Å²) in [5, 5.41) is 0.